The van der Waals surface area contributed by atoms with Gasteiger partial charge in [-0.15, -0.1) is 12.6 Å². The normalized spacial score (nSPS) is 15.9. The number of pyridine rings is 1. The number of fused-ring (bicyclic) bond motifs is 3. The van der Waals surface area contributed by atoms with Gasteiger partial charge in [-0.3, -0.25) is 9.35 Å². The van der Waals surface area contributed by atoms with Gasteiger partial charge in [0.25, 0.3) is 10.1 Å². The van der Waals surface area contributed by atoms with Gasteiger partial charge in [0.15, 0.2) is 5.71 Å². The van der Waals surface area contributed by atoms with Gasteiger partial charge in [-0.2, -0.15) is 22.6 Å². The molecule has 23 heteroatoms. The molecule has 2 aromatic heterocycles. The Labute approximate surface area is 503 Å². The Morgan fingerprint density at radius 2 is 1.59 bits per heavy atom. The van der Waals surface area contributed by atoms with Crippen molar-refractivity contribution >= 4 is 65.8 Å². The predicted octanol–water partition coefficient (Wildman–Crippen LogP) is 8.72. The number of aryl methyl sites for hydroxylation is 3. The topological polar surface area (TPSA) is 286 Å². The monoisotopic (exact) mass is 1230 g/mol. The molecule has 0 saturated carbocycles. The highest BCUT2D eigenvalue weighted by atomic mass is 32.2. The van der Waals surface area contributed by atoms with Gasteiger partial charge in [0.05, 0.1) is 21.3 Å². The highest BCUT2D eigenvalue weighted by Crippen LogP contribution is 2.48. The minimum absolute atomic E-state index is 0.0291. The number of amides is 1. The molecule has 3 N–H and O–H groups in total. The van der Waals surface area contributed by atoms with Crippen molar-refractivity contribution in [1.29, 1.82) is 0 Å². The van der Waals surface area contributed by atoms with Crippen molar-refractivity contribution in [2.45, 2.75) is 148 Å². The number of allylic oxidation sites excluding steroid dienone is 8. The van der Waals surface area contributed by atoms with Crippen molar-refractivity contribution in [3.05, 3.63) is 154 Å². The number of rotatable bonds is 28. The fourth-order valence-electron chi connectivity index (χ4n) is 11.2. The predicted molar refractivity (Wildman–Crippen MR) is 327 cm³/mol. The number of hydrogen-bond acceptors (Lipinski definition) is 17. The van der Waals surface area contributed by atoms with E-state index < -0.39 is 42.0 Å². The number of anilines is 2. The van der Waals surface area contributed by atoms with E-state index >= 15 is 0 Å². The highest BCUT2D eigenvalue weighted by molar-refractivity contribution is 7.85. The summed E-state index contributed by atoms with van der Waals surface area (Å²) in [5.74, 6) is 1.49. The number of nitrogens with zero attached hydrogens (tertiary/aromatic N) is 6. The summed E-state index contributed by atoms with van der Waals surface area (Å²) >= 11 is 0. The molecule has 0 bridgehead atoms. The maximum absolute atomic E-state index is 13.3. The molecule has 85 heavy (non-hydrogen) atoms. The first-order valence-electron chi connectivity index (χ1n) is 28.8. The zero-order valence-corrected chi connectivity index (χ0v) is 52.3. The second-order valence-electron chi connectivity index (χ2n) is 22.7. The lowest BCUT2D eigenvalue weighted by atomic mass is 9.81. The Morgan fingerprint density at radius 3 is 2.29 bits per heavy atom. The van der Waals surface area contributed by atoms with Crippen LogP contribution in [0.15, 0.2) is 109 Å². The molecule has 2 aromatic carbocycles. The standard InChI is InChI=1S/C61H82N8O7S2.CO2.O3S/c1-45(50-42-63-46(2)64-43-50)23-13-11-12-14-26-53-49(40-48-24-19-33-62-59(48)66-53)41-65-58(70)30-20-34-67(7)44-47-31-32-55-52(39-47)61(5,6)57(69(55)36-22-38-78(74,75)76)29-16-10-8-9-15-28-56-60(3,4)51-25-17-18-27-54(51)68(56)35-21-37-77(71,72)73;2-1-3;1-4(2)3/h8-10,15-18,25,27-29,31-32,39-40,42-43,45H,11-14,19-24,26,30,33-38,41,44H2,1-7H3,(H3-,62,65,66,70,71,72,73,74,75,76);;/t45-;;/m1../s1. The highest BCUT2D eigenvalue weighted by Gasteiger charge is 2.44. The molecule has 0 aliphatic carbocycles. The van der Waals surface area contributed by atoms with Crippen LogP contribution < -0.4 is 15.5 Å². The molecule has 0 unspecified atom stereocenters. The zero-order valence-electron chi connectivity index (χ0n) is 49.9. The molecular formula is C62H82N8O12S3. The maximum Gasteiger partial charge on any atom is 0.425 e. The number of aromatic nitrogens is 3. The lowest BCUT2D eigenvalue weighted by Gasteiger charge is -2.27. The third-order valence-electron chi connectivity index (χ3n) is 15.5. The summed E-state index contributed by atoms with van der Waals surface area (Å²) in [4.78, 5) is 47.7. The summed E-state index contributed by atoms with van der Waals surface area (Å²) in [6.07, 6.45) is 28.1. The zero-order chi connectivity index (χ0) is 62.4. The van der Waals surface area contributed by atoms with Gasteiger partial charge in [-0.05, 0) is 131 Å². The first-order chi connectivity index (χ1) is 40.2. The third-order valence-corrected chi connectivity index (χ3v) is 17.1. The summed E-state index contributed by atoms with van der Waals surface area (Å²) in [6.45, 7) is 16.4. The number of nitrogens with one attached hydrogen (secondary N) is 2. The summed E-state index contributed by atoms with van der Waals surface area (Å²) in [5.41, 5.74) is 11.2. The lowest BCUT2D eigenvalue weighted by molar-refractivity contribution is -0.437. The van der Waals surface area contributed by atoms with Gasteiger partial charge in [-0.1, -0.05) is 101 Å². The number of carbonyl (C=O) groups is 1. The summed E-state index contributed by atoms with van der Waals surface area (Å²) in [5, 5.41) is 6.70. The van der Waals surface area contributed by atoms with Crippen LogP contribution in [0.4, 0.5) is 17.2 Å². The summed E-state index contributed by atoms with van der Waals surface area (Å²) in [7, 11) is -9.50. The number of carbonyl (C=O) groups excluding carboxylic acids is 3. The molecule has 1 atom stereocenters. The molecule has 20 nitrogen and oxygen atoms in total. The summed E-state index contributed by atoms with van der Waals surface area (Å²) in [6, 6.07) is 16.8. The van der Waals surface area contributed by atoms with E-state index in [9.17, 15) is 30.7 Å². The molecule has 4 aromatic rings. The minimum atomic E-state index is -4.38. The van der Waals surface area contributed by atoms with Crippen molar-refractivity contribution in [1.82, 2.24) is 25.2 Å². The maximum atomic E-state index is 13.3. The number of unbranched alkanes of at least 4 members (excludes halogenated alkanes) is 3. The van der Waals surface area contributed by atoms with Gasteiger partial charge >= 0.3 is 16.8 Å². The van der Waals surface area contributed by atoms with E-state index in [2.05, 4.69) is 107 Å². The molecule has 460 valence electrons. The van der Waals surface area contributed by atoms with E-state index in [1.807, 2.05) is 80.0 Å². The summed E-state index contributed by atoms with van der Waals surface area (Å²) < 4.78 is 94.8. The van der Waals surface area contributed by atoms with E-state index in [0.717, 1.165) is 127 Å². The molecule has 0 saturated heterocycles. The SMILES string of the molecule is Cc1ncc([C@H](C)CCCCCCc2nc3c(cc2CNC(=O)CCCN(C)Cc2ccc4c(c2)C(C)(C)C(=CC=CC=CC=CC2=[N+](CCCS(=O)(=O)O)c5ccccc5C2(C)C)N4CCCS(=O)(=O)[O-])CCCN3)cn1.O=C=O.O=S(=O)=O. The van der Waals surface area contributed by atoms with Gasteiger partial charge < -0.3 is 25.0 Å². The van der Waals surface area contributed by atoms with Crippen LogP contribution in [-0.2, 0) is 82.0 Å². The average molecular weight is 1230 g/mol. The van der Waals surface area contributed by atoms with Crippen molar-refractivity contribution in [2.75, 3.05) is 54.9 Å². The van der Waals surface area contributed by atoms with Crippen molar-refractivity contribution < 1.29 is 57.5 Å². The average Bonchev–Trinajstić information content (AvgIpc) is 1.72. The van der Waals surface area contributed by atoms with Crippen molar-refractivity contribution in [3.8, 4) is 0 Å². The van der Waals surface area contributed by atoms with E-state index in [1.54, 1.807) is 0 Å². The molecule has 0 fully saturated rings. The van der Waals surface area contributed by atoms with Gasteiger partial charge in [0.2, 0.25) is 11.6 Å². The molecule has 3 aliphatic rings. The van der Waals surface area contributed by atoms with Crippen LogP contribution >= 0.6 is 0 Å². The minimum Gasteiger partial charge on any atom is -0.748 e. The largest absolute Gasteiger partial charge is 0.748 e. The Morgan fingerprint density at radius 1 is 0.906 bits per heavy atom. The Balaban J connectivity index is 0.00000179. The number of benzene rings is 2. The van der Waals surface area contributed by atoms with Gasteiger partial charge in [-0.25, -0.2) is 23.4 Å². The third kappa shape index (κ3) is 21.6. The van der Waals surface area contributed by atoms with E-state index in [4.69, 9.17) is 27.2 Å². The molecule has 0 radical (unpaired) electrons. The smallest absolute Gasteiger partial charge is 0.425 e. The van der Waals surface area contributed by atoms with Crippen LogP contribution in [0.3, 0.4) is 0 Å². The van der Waals surface area contributed by atoms with E-state index in [1.165, 1.54) is 11.1 Å². The molecule has 0 spiro atoms. The van der Waals surface area contributed by atoms with Crippen LogP contribution in [0.1, 0.15) is 150 Å². The molecule has 1 amide bonds. The molecule has 7 rings (SSSR count). The van der Waals surface area contributed by atoms with Crippen LogP contribution in [0.5, 0.6) is 0 Å². The van der Waals surface area contributed by atoms with E-state index in [-0.39, 0.29) is 36.1 Å². The first kappa shape index (κ1) is 68.9. The van der Waals surface area contributed by atoms with Gasteiger partial charge in [0, 0.05) is 97.4 Å². The Hall–Kier alpha value is -6.85. The number of hydrogen-bond donors (Lipinski definition) is 3. The van der Waals surface area contributed by atoms with Crippen LogP contribution in [0.2, 0.25) is 0 Å². The molecular weight excluding hydrogens is 1140 g/mol. The Bertz CT molecular complexity index is 3480. The quantitative estimate of drug-likeness (QED) is 0.0207. The van der Waals surface area contributed by atoms with Crippen LogP contribution in [0, 0.1) is 6.92 Å². The first-order valence-corrected chi connectivity index (χ1v) is 33.0. The lowest BCUT2D eigenvalue weighted by Crippen LogP contribution is -2.28. The molecule has 5 heterocycles. The fourth-order valence-corrected chi connectivity index (χ4v) is 12.2. The van der Waals surface area contributed by atoms with E-state index in [0.29, 0.717) is 44.9 Å². The second kappa shape index (κ2) is 32.6. The Kier molecular flexibility index (Phi) is 26.4. The van der Waals surface area contributed by atoms with Gasteiger partial charge in [0.1, 0.15) is 18.2 Å². The second-order valence-corrected chi connectivity index (χ2v) is 26.2. The van der Waals surface area contributed by atoms with Crippen LogP contribution in [-0.4, -0.2) is 125 Å². The molecule has 3 aliphatic heterocycles. The van der Waals surface area contributed by atoms with Crippen molar-refractivity contribution in [3.63, 3.8) is 0 Å². The number of para-hydroxylation sites is 1. The van der Waals surface area contributed by atoms with Crippen molar-refractivity contribution in [2.24, 2.45) is 0 Å². The fraction of sp³-hybridized carbons (Fsp3) is 0.484. The van der Waals surface area contributed by atoms with Crippen LogP contribution in [0.25, 0.3) is 0 Å².